The van der Waals surface area contributed by atoms with Crippen molar-refractivity contribution in [1.82, 2.24) is 15.3 Å². The van der Waals surface area contributed by atoms with Crippen LogP contribution in [-0.4, -0.2) is 53.7 Å². The number of ether oxygens (including phenoxy) is 1. The van der Waals surface area contributed by atoms with Gasteiger partial charge in [0.05, 0.1) is 18.2 Å². The molecule has 0 unspecified atom stereocenters. The van der Waals surface area contributed by atoms with Crippen molar-refractivity contribution >= 4 is 35.0 Å². The van der Waals surface area contributed by atoms with E-state index in [1.807, 2.05) is 75.5 Å². The van der Waals surface area contributed by atoms with Gasteiger partial charge in [-0.05, 0) is 56.2 Å². The van der Waals surface area contributed by atoms with Gasteiger partial charge in [0.1, 0.15) is 17.0 Å². The highest BCUT2D eigenvalue weighted by atomic mass is 16.6. The maximum absolute atomic E-state index is 13.4. The second-order valence-corrected chi connectivity index (χ2v) is 11.0. The number of anilines is 4. The number of aliphatic hydroxyl groups is 1. The smallest absolute Gasteiger partial charge is 0.339 e. The van der Waals surface area contributed by atoms with Crippen LogP contribution in [0.25, 0.3) is 0 Å². The van der Waals surface area contributed by atoms with Gasteiger partial charge in [0.25, 0.3) is 5.91 Å². The molecule has 1 amide bonds. The number of hydrogen-bond acceptors (Lipinski definition) is 9. The largest absolute Gasteiger partial charge is 0.451 e. The van der Waals surface area contributed by atoms with Crippen molar-refractivity contribution in [3.8, 4) is 0 Å². The molecule has 1 aromatic heterocycles. The zero-order valence-electron chi connectivity index (χ0n) is 24.7. The Morgan fingerprint density at radius 2 is 1.81 bits per heavy atom. The number of cyclic esters (lactones) is 1. The topological polar surface area (TPSA) is 129 Å². The summed E-state index contributed by atoms with van der Waals surface area (Å²) in [5.74, 6) is -0.186. The van der Waals surface area contributed by atoms with E-state index in [0.717, 1.165) is 22.4 Å². The summed E-state index contributed by atoms with van der Waals surface area (Å²) >= 11 is 0. The van der Waals surface area contributed by atoms with Crippen molar-refractivity contribution in [2.45, 2.75) is 32.4 Å². The minimum atomic E-state index is -0.753. The Hall–Kier alpha value is -4.96. The first-order valence-corrected chi connectivity index (χ1v) is 14.2. The van der Waals surface area contributed by atoms with Crippen LogP contribution in [0.2, 0.25) is 0 Å². The van der Waals surface area contributed by atoms with Crippen LogP contribution in [-0.2, 0) is 10.3 Å². The standard InChI is InChI=1S/C33H36N6O4/c1-21-10-8-9-13-28(21)39(4)17-16-34-30(41)25-19-35-32(38-29(25)37-27(20-40)22-11-6-5-7-12-22)36-23-14-15-24-26(18-23)33(2,3)43-31(24)42/h5-15,18-19,27,40H,16-17,20H2,1-4H3,(H,34,41)(H2,35,36,37,38)/t27-/m1/s1. The molecule has 4 N–H and O–H groups in total. The number of para-hydroxylation sites is 1. The van der Waals surface area contributed by atoms with E-state index in [1.54, 1.807) is 12.1 Å². The number of amides is 1. The highest BCUT2D eigenvalue weighted by Crippen LogP contribution is 2.37. The number of hydrogen-bond donors (Lipinski definition) is 4. The number of benzene rings is 3. The summed E-state index contributed by atoms with van der Waals surface area (Å²) in [6, 6.07) is 22.3. The average molecular weight is 581 g/mol. The molecule has 4 aromatic rings. The van der Waals surface area contributed by atoms with Crippen molar-refractivity contribution < 1.29 is 19.4 Å². The molecule has 0 spiro atoms. The molecule has 0 bridgehead atoms. The van der Waals surface area contributed by atoms with E-state index >= 15 is 0 Å². The fourth-order valence-corrected chi connectivity index (χ4v) is 5.12. The molecular weight excluding hydrogens is 544 g/mol. The molecule has 3 aromatic carbocycles. The lowest BCUT2D eigenvalue weighted by atomic mass is 9.95. The first-order chi connectivity index (χ1) is 20.7. The van der Waals surface area contributed by atoms with Crippen molar-refractivity contribution in [1.29, 1.82) is 0 Å². The summed E-state index contributed by atoms with van der Waals surface area (Å²) in [6.07, 6.45) is 1.46. The number of rotatable bonds is 11. The summed E-state index contributed by atoms with van der Waals surface area (Å²) in [7, 11) is 1.98. The molecule has 1 atom stereocenters. The molecule has 1 aliphatic rings. The van der Waals surface area contributed by atoms with Crippen LogP contribution >= 0.6 is 0 Å². The number of aryl methyl sites for hydroxylation is 1. The van der Waals surface area contributed by atoms with Crippen molar-refractivity contribution in [2.75, 3.05) is 42.3 Å². The molecule has 0 aliphatic carbocycles. The maximum atomic E-state index is 13.4. The molecule has 5 rings (SSSR count). The lowest BCUT2D eigenvalue weighted by Crippen LogP contribution is -2.34. The molecule has 2 heterocycles. The second kappa shape index (κ2) is 12.5. The number of esters is 1. The summed E-state index contributed by atoms with van der Waals surface area (Å²) in [6.45, 7) is 6.51. The zero-order chi connectivity index (χ0) is 30.6. The van der Waals surface area contributed by atoms with Gasteiger partial charge in [-0.25, -0.2) is 9.78 Å². The van der Waals surface area contributed by atoms with Gasteiger partial charge in [-0.2, -0.15) is 4.98 Å². The predicted octanol–water partition coefficient (Wildman–Crippen LogP) is 4.95. The third-order valence-corrected chi connectivity index (χ3v) is 7.48. The maximum Gasteiger partial charge on any atom is 0.339 e. The number of likely N-dealkylation sites (N-methyl/N-ethyl adjacent to an activating group) is 1. The van der Waals surface area contributed by atoms with Gasteiger partial charge in [-0.1, -0.05) is 48.5 Å². The summed E-state index contributed by atoms with van der Waals surface area (Å²) in [5.41, 5.74) is 4.52. The Labute approximate surface area is 251 Å². The number of nitrogens with one attached hydrogen (secondary N) is 3. The molecule has 10 nitrogen and oxygen atoms in total. The summed E-state index contributed by atoms with van der Waals surface area (Å²) in [5, 5.41) is 19.6. The SMILES string of the molecule is Cc1ccccc1N(C)CCNC(=O)c1cnc(Nc2ccc3c(c2)C(C)(C)OC3=O)nc1N[C@H](CO)c1ccccc1. The van der Waals surface area contributed by atoms with E-state index in [2.05, 4.69) is 43.8 Å². The number of nitrogens with zero attached hydrogens (tertiary/aromatic N) is 3. The number of carbonyl (C=O) groups is 2. The number of aliphatic hydroxyl groups excluding tert-OH is 1. The molecule has 0 fully saturated rings. The third-order valence-electron chi connectivity index (χ3n) is 7.48. The lowest BCUT2D eigenvalue weighted by molar-refractivity contribution is 0.00953. The first kappa shape index (κ1) is 29.5. The van der Waals surface area contributed by atoms with E-state index in [9.17, 15) is 14.7 Å². The molecule has 222 valence electrons. The van der Waals surface area contributed by atoms with Gasteiger partial charge in [0, 0.05) is 43.3 Å². The molecule has 0 saturated carbocycles. The Morgan fingerprint density at radius 3 is 2.56 bits per heavy atom. The van der Waals surface area contributed by atoms with E-state index in [1.165, 1.54) is 6.20 Å². The minimum Gasteiger partial charge on any atom is -0.451 e. The van der Waals surface area contributed by atoms with E-state index in [-0.39, 0.29) is 35.8 Å². The molecule has 10 heteroatoms. The van der Waals surface area contributed by atoms with E-state index in [0.29, 0.717) is 24.3 Å². The van der Waals surface area contributed by atoms with Crippen LogP contribution in [0.4, 0.5) is 23.1 Å². The molecule has 43 heavy (non-hydrogen) atoms. The van der Waals surface area contributed by atoms with Crippen LogP contribution in [0.15, 0.2) is 79.0 Å². The minimum absolute atomic E-state index is 0.215. The molecule has 1 aliphatic heterocycles. The number of fused-ring (bicyclic) bond motifs is 1. The Kier molecular flexibility index (Phi) is 8.58. The monoisotopic (exact) mass is 580 g/mol. The van der Waals surface area contributed by atoms with Crippen LogP contribution in [0.1, 0.15) is 57.3 Å². The molecule has 0 saturated heterocycles. The van der Waals surface area contributed by atoms with E-state index < -0.39 is 11.6 Å². The van der Waals surface area contributed by atoms with Gasteiger partial charge in [0.15, 0.2) is 0 Å². The van der Waals surface area contributed by atoms with Crippen LogP contribution in [0, 0.1) is 6.92 Å². The Morgan fingerprint density at radius 1 is 1.07 bits per heavy atom. The molecule has 0 radical (unpaired) electrons. The number of aromatic nitrogens is 2. The number of carbonyl (C=O) groups excluding carboxylic acids is 2. The molecular formula is C33H36N6O4. The van der Waals surface area contributed by atoms with Gasteiger partial charge < -0.3 is 30.7 Å². The van der Waals surface area contributed by atoms with Crippen LogP contribution in [0.3, 0.4) is 0 Å². The Bertz CT molecular complexity index is 1630. The Balaban J connectivity index is 1.37. The fraction of sp³-hybridized carbons (Fsp3) is 0.273. The highest BCUT2D eigenvalue weighted by molar-refractivity contribution is 5.99. The van der Waals surface area contributed by atoms with Crippen molar-refractivity contribution in [3.05, 3.63) is 107 Å². The van der Waals surface area contributed by atoms with Gasteiger partial charge in [0.2, 0.25) is 5.95 Å². The van der Waals surface area contributed by atoms with Crippen molar-refractivity contribution in [3.63, 3.8) is 0 Å². The first-order valence-electron chi connectivity index (χ1n) is 14.2. The lowest BCUT2D eigenvalue weighted by Gasteiger charge is -2.22. The van der Waals surface area contributed by atoms with Crippen molar-refractivity contribution in [2.24, 2.45) is 0 Å². The zero-order valence-corrected chi connectivity index (χ0v) is 24.7. The normalized spacial score (nSPS) is 13.9. The summed E-state index contributed by atoms with van der Waals surface area (Å²) in [4.78, 5) is 36.7. The fourth-order valence-electron chi connectivity index (χ4n) is 5.12. The average Bonchev–Trinajstić information content (AvgIpc) is 3.23. The second-order valence-electron chi connectivity index (χ2n) is 11.0. The highest BCUT2D eigenvalue weighted by Gasteiger charge is 2.37. The van der Waals surface area contributed by atoms with Crippen LogP contribution in [0.5, 0.6) is 0 Å². The third kappa shape index (κ3) is 6.60. The van der Waals surface area contributed by atoms with Gasteiger partial charge >= 0.3 is 5.97 Å². The van der Waals surface area contributed by atoms with E-state index in [4.69, 9.17) is 4.74 Å². The predicted molar refractivity (Wildman–Crippen MR) is 167 cm³/mol. The van der Waals surface area contributed by atoms with Gasteiger partial charge in [-0.15, -0.1) is 0 Å². The van der Waals surface area contributed by atoms with Crippen LogP contribution < -0.4 is 20.9 Å². The summed E-state index contributed by atoms with van der Waals surface area (Å²) < 4.78 is 5.48. The van der Waals surface area contributed by atoms with Gasteiger partial charge in [-0.3, -0.25) is 4.79 Å². The quantitative estimate of drug-likeness (QED) is 0.182.